The van der Waals surface area contributed by atoms with Gasteiger partial charge in [0.25, 0.3) is 11.6 Å². The second-order valence-electron chi connectivity index (χ2n) is 8.23. The summed E-state index contributed by atoms with van der Waals surface area (Å²) in [4.78, 5) is 18.0. The molecule has 1 saturated heterocycles. The van der Waals surface area contributed by atoms with Gasteiger partial charge in [-0.1, -0.05) is 46.6 Å². The summed E-state index contributed by atoms with van der Waals surface area (Å²) in [6.45, 7) is 4.12. The quantitative estimate of drug-likeness (QED) is 0.428. The van der Waals surface area contributed by atoms with Gasteiger partial charge in [0.2, 0.25) is 10.0 Å². The summed E-state index contributed by atoms with van der Waals surface area (Å²) in [5.41, 5.74) is 4.38. The Morgan fingerprint density at radius 1 is 1.12 bits per heavy atom. The second-order valence-corrected chi connectivity index (χ2v) is 10.6. The molecule has 1 aliphatic heterocycles. The number of rotatable bonds is 4. The van der Waals surface area contributed by atoms with E-state index in [2.05, 4.69) is 15.5 Å². The molecule has 1 aliphatic rings. The first kappa shape index (κ1) is 22.4. The van der Waals surface area contributed by atoms with Crippen molar-refractivity contribution >= 4 is 50.0 Å². The highest BCUT2D eigenvalue weighted by atomic mass is 35.5. The highest BCUT2D eigenvalue weighted by Crippen LogP contribution is 2.33. The summed E-state index contributed by atoms with van der Waals surface area (Å²) in [5, 5.41) is 7.60. The molecule has 8 nitrogen and oxygen atoms in total. The van der Waals surface area contributed by atoms with Gasteiger partial charge in [0.15, 0.2) is 0 Å². The number of carbonyl (C=O) groups is 1. The molecule has 0 aliphatic carbocycles. The third-order valence-electron chi connectivity index (χ3n) is 5.79. The third kappa shape index (κ3) is 4.01. The van der Waals surface area contributed by atoms with E-state index in [0.717, 1.165) is 11.1 Å². The van der Waals surface area contributed by atoms with Gasteiger partial charge < -0.3 is 9.84 Å². The van der Waals surface area contributed by atoms with Crippen LogP contribution in [-0.4, -0.2) is 36.8 Å². The van der Waals surface area contributed by atoms with Gasteiger partial charge in [-0.2, -0.15) is 0 Å². The average molecular weight is 497 g/mol. The molecule has 1 fully saturated rings. The Morgan fingerprint density at radius 2 is 1.88 bits per heavy atom. The molecule has 3 heterocycles. The van der Waals surface area contributed by atoms with E-state index in [9.17, 15) is 13.2 Å². The summed E-state index contributed by atoms with van der Waals surface area (Å²) in [6.07, 6.45) is 0.552. The molecule has 4 aromatic rings. The maximum absolute atomic E-state index is 13.4. The number of benzene rings is 2. The van der Waals surface area contributed by atoms with Crippen LogP contribution >= 0.6 is 11.6 Å². The summed E-state index contributed by atoms with van der Waals surface area (Å²) in [7, 11) is -3.37. The van der Waals surface area contributed by atoms with Gasteiger partial charge in [-0.25, -0.2) is 13.4 Å². The molecule has 2 aromatic carbocycles. The number of anilines is 2. The lowest BCUT2D eigenvalue weighted by Crippen LogP contribution is -2.25. The van der Waals surface area contributed by atoms with E-state index in [1.165, 1.54) is 4.31 Å². The van der Waals surface area contributed by atoms with Gasteiger partial charge in [0, 0.05) is 12.1 Å². The number of sulfonamides is 1. The summed E-state index contributed by atoms with van der Waals surface area (Å²) >= 11 is 6.35. The maximum atomic E-state index is 13.4. The van der Waals surface area contributed by atoms with E-state index in [-0.39, 0.29) is 11.5 Å². The number of fused-ring (bicyclic) bond motifs is 1. The van der Waals surface area contributed by atoms with Crippen molar-refractivity contribution in [2.45, 2.75) is 20.3 Å². The molecule has 0 bridgehead atoms. The van der Waals surface area contributed by atoms with Crippen LogP contribution in [0.4, 0.5) is 11.4 Å². The minimum atomic E-state index is -3.37. The largest absolute Gasteiger partial charge is 0.335 e. The Balaban J connectivity index is 1.55. The van der Waals surface area contributed by atoms with Crippen molar-refractivity contribution in [3.05, 3.63) is 70.4 Å². The fourth-order valence-electron chi connectivity index (χ4n) is 4.03. The Kier molecular flexibility index (Phi) is 5.53. The fraction of sp³-hybridized carbons (Fsp3) is 0.208. The molecule has 10 heteroatoms. The van der Waals surface area contributed by atoms with Crippen LogP contribution in [0.5, 0.6) is 0 Å². The number of hydrogen-bond acceptors (Lipinski definition) is 6. The SMILES string of the molecule is Cc1ccc(-c2cc(C(=O)Nc3cc(N4CCCS4(=O)=O)ccc3Cl)c3c(C)noc3n2)cc1. The third-order valence-corrected chi connectivity index (χ3v) is 7.99. The zero-order chi connectivity index (χ0) is 24.0. The van der Waals surface area contributed by atoms with Crippen LogP contribution in [0.15, 0.2) is 53.1 Å². The number of nitrogens with one attached hydrogen (secondary N) is 1. The van der Waals surface area contributed by atoms with Crippen LogP contribution in [0.25, 0.3) is 22.4 Å². The van der Waals surface area contributed by atoms with Gasteiger partial charge in [0.05, 0.1) is 44.5 Å². The Bertz CT molecular complexity index is 1530. The average Bonchev–Trinajstić information content (AvgIpc) is 3.36. The highest BCUT2D eigenvalue weighted by Gasteiger charge is 2.29. The summed E-state index contributed by atoms with van der Waals surface area (Å²) in [6, 6.07) is 14.2. The van der Waals surface area contributed by atoms with Crippen molar-refractivity contribution in [2.75, 3.05) is 21.9 Å². The van der Waals surface area contributed by atoms with Crippen LogP contribution in [0.1, 0.15) is 28.0 Å². The first-order chi connectivity index (χ1) is 16.2. The van der Waals surface area contributed by atoms with E-state index in [4.69, 9.17) is 16.1 Å². The standard InChI is InChI=1S/C24H21ClN4O4S/c1-14-4-6-16(7-5-14)20-13-18(22-15(2)28-33-24(22)27-20)23(30)26-21-12-17(8-9-19(21)25)29-10-3-11-34(29,31)32/h4-9,12-13H,3,10-11H2,1-2H3,(H,26,30). The van der Waals surface area contributed by atoms with Crippen molar-refractivity contribution in [3.63, 3.8) is 0 Å². The fourth-order valence-corrected chi connectivity index (χ4v) is 5.75. The first-order valence-corrected chi connectivity index (χ1v) is 12.7. The molecule has 1 amide bonds. The van der Waals surface area contributed by atoms with E-state index in [1.807, 2.05) is 31.2 Å². The molecular weight excluding hydrogens is 476 g/mol. The Hall–Kier alpha value is -3.43. The van der Waals surface area contributed by atoms with E-state index in [1.54, 1.807) is 31.2 Å². The molecule has 1 N–H and O–H groups in total. The normalized spacial score (nSPS) is 15.1. The van der Waals surface area contributed by atoms with Gasteiger partial charge in [-0.05, 0) is 44.5 Å². The molecule has 174 valence electrons. The van der Waals surface area contributed by atoms with Gasteiger partial charge in [0.1, 0.15) is 0 Å². The summed E-state index contributed by atoms with van der Waals surface area (Å²) in [5.74, 6) is -0.337. The lowest BCUT2D eigenvalue weighted by Gasteiger charge is -2.18. The van der Waals surface area contributed by atoms with E-state index < -0.39 is 15.9 Å². The van der Waals surface area contributed by atoms with Crippen molar-refractivity contribution in [1.29, 1.82) is 0 Å². The molecule has 0 atom stereocenters. The van der Waals surface area contributed by atoms with Crippen molar-refractivity contribution in [1.82, 2.24) is 10.1 Å². The second kappa shape index (κ2) is 8.41. The molecule has 2 aromatic heterocycles. The minimum Gasteiger partial charge on any atom is -0.335 e. The first-order valence-electron chi connectivity index (χ1n) is 10.7. The van der Waals surface area contributed by atoms with Crippen LogP contribution in [0.3, 0.4) is 0 Å². The number of hydrogen-bond donors (Lipinski definition) is 1. The van der Waals surface area contributed by atoms with Crippen LogP contribution < -0.4 is 9.62 Å². The van der Waals surface area contributed by atoms with Crippen molar-refractivity contribution < 1.29 is 17.7 Å². The van der Waals surface area contributed by atoms with Crippen LogP contribution in [0.2, 0.25) is 5.02 Å². The number of halogens is 1. The van der Waals surface area contributed by atoms with Gasteiger partial charge >= 0.3 is 0 Å². The van der Waals surface area contributed by atoms with Crippen molar-refractivity contribution in [2.24, 2.45) is 0 Å². The highest BCUT2D eigenvalue weighted by molar-refractivity contribution is 7.93. The zero-order valence-electron chi connectivity index (χ0n) is 18.5. The molecule has 0 unspecified atom stereocenters. The number of amides is 1. The number of nitrogens with zero attached hydrogens (tertiary/aromatic N) is 3. The van der Waals surface area contributed by atoms with Crippen molar-refractivity contribution in [3.8, 4) is 11.3 Å². The smallest absolute Gasteiger partial charge is 0.259 e. The number of aryl methyl sites for hydroxylation is 2. The Labute approximate surface area is 201 Å². The maximum Gasteiger partial charge on any atom is 0.259 e. The number of aromatic nitrogens is 2. The minimum absolute atomic E-state index is 0.0981. The molecule has 5 rings (SSSR count). The number of pyridine rings is 1. The Morgan fingerprint density at radius 3 is 2.59 bits per heavy atom. The lowest BCUT2D eigenvalue weighted by atomic mass is 10.0. The molecule has 34 heavy (non-hydrogen) atoms. The van der Waals surface area contributed by atoms with Gasteiger partial charge in [-0.15, -0.1) is 0 Å². The predicted octanol–water partition coefficient (Wildman–Crippen LogP) is 4.95. The van der Waals surface area contributed by atoms with Gasteiger partial charge in [-0.3, -0.25) is 9.10 Å². The van der Waals surface area contributed by atoms with E-state index >= 15 is 0 Å². The lowest BCUT2D eigenvalue weighted by molar-refractivity contribution is 0.102. The van der Waals surface area contributed by atoms with Crippen LogP contribution in [0, 0.1) is 13.8 Å². The van der Waals surface area contributed by atoms with E-state index in [0.29, 0.717) is 51.7 Å². The van der Waals surface area contributed by atoms with Crippen LogP contribution in [-0.2, 0) is 10.0 Å². The predicted molar refractivity (Wildman–Crippen MR) is 132 cm³/mol. The molecular formula is C24H21ClN4O4S. The number of carbonyl (C=O) groups excluding carboxylic acids is 1. The molecule has 0 saturated carbocycles. The monoisotopic (exact) mass is 496 g/mol. The molecule has 0 radical (unpaired) electrons. The summed E-state index contributed by atoms with van der Waals surface area (Å²) < 4.78 is 31.4. The molecule has 0 spiro atoms. The zero-order valence-corrected chi connectivity index (χ0v) is 20.1. The topological polar surface area (TPSA) is 105 Å².